The van der Waals surface area contributed by atoms with Crippen LogP contribution < -0.4 is 11.3 Å². The highest BCUT2D eigenvalue weighted by molar-refractivity contribution is 5.26. The summed E-state index contributed by atoms with van der Waals surface area (Å²) in [5.41, 5.74) is 4.51. The van der Waals surface area contributed by atoms with Gasteiger partial charge < -0.3 is 4.74 Å². The van der Waals surface area contributed by atoms with Crippen molar-refractivity contribution >= 4 is 0 Å². The van der Waals surface area contributed by atoms with Gasteiger partial charge in [-0.25, -0.2) is 0 Å². The van der Waals surface area contributed by atoms with Crippen molar-refractivity contribution in [1.29, 1.82) is 0 Å². The number of nitrogens with two attached hydrogens (primary N) is 1. The molecule has 3 N–H and O–H groups in total. The van der Waals surface area contributed by atoms with Gasteiger partial charge in [0.2, 0.25) is 0 Å². The van der Waals surface area contributed by atoms with Gasteiger partial charge in [-0.15, -0.1) is 0 Å². The molecular formula is C15H22N2O. The Bertz CT molecular complexity index is 375. The average molecular weight is 246 g/mol. The van der Waals surface area contributed by atoms with Crippen LogP contribution in [0.4, 0.5) is 0 Å². The highest BCUT2D eigenvalue weighted by atomic mass is 16.5. The van der Waals surface area contributed by atoms with Gasteiger partial charge in [0.25, 0.3) is 0 Å². The molecule has 1 heterocycles. The Morgan fingerprint density at radius 3 is 2.78 bits per heavy atom. The number of hydrazine groups is 1. The maximum Gasteiger partial charge on any atom is 0.0509 e. The largest absolute Gasteiger partial charge is 0.381 e. The molecule has 0 spiro atoms. The summed E-state index contributed by atoms with van der Waals surface area (Å²) in [7, 11) is 0. The van der Waals surface area contributed by atoms with E-state index in [-0.39, 0.29) is 0 Å². The van der Waals surface area contributed by atoms with Crippen LogP contribution in [0.25, 0.3) is 0 Å². The SMILES string of the molecule is NNC(C1CCCOC1)C1CC1c1ccccc1. The Balaban J connectivity index is 1.64. The first-order valence-corrected chi connectivity index (χ1v) is 6.99. The number of benzene rings is 1. The molecule has 4 atom stereocenters. The monoisotopic (exact) mass is 246 g/mol. The minimum atomic E-state index is 0.413. The van der Waals surface area contributed by atoms with Crippen molar-refractivity contribution in [3.05, 3.63) is 35.9 Å². The fourth-order valence-corrected chi connectivity index (χ4v) is 3.35. The lowest BCUT2D eigenvalue weighted by molar-refractivity contribution is 0.0353. The molecular weight excluding hydrogens is 224 g/mol. The van der Waals surface area contributed by atoms with Crippen molar-refractivity contribution in [2.24, 2.45) is 17.7 Å². The average Bonchev–Trinajstić information content (AvgIpc) is 3.22. The molecule has 1 aliphatic heterocycles. The Morgan fingerprint density at radius 1 is 1.28 bits per heavy atom. The minimum absolute atomic E-state index is 0.413. The summed E-state index contributed by atoms with van der Waals surface area (Å²) < 4.78 is 5.59. The van der Waals surface area contributed by atoms with Crippen molar-refractivity contribution in [1.82, 2.24) is 5.43 Å². The van der Waals surface area contributed by atoms with E-state index in [4.69, 9.17) is 10.6 Å². The van der Waals surface area contributed by atoms with Gasteiger partial charge in [0, 0.05) is 12.6 Å². The first-order chi connectivity index (χ1) is 8.90. The molecule has 4 unspecified atom stereocenters. The summed E-state index contributed by atoms with van der Waals surface area (Å²) in [6, 6.07) is 11.2. The lowest BCUT2D eigenvalue weighted by Gasteiger charge is -2.30. The third-order valence-corrected chi connectivity index (χ3v) is 4.42. The normalized spacial score (nSPS) is 33.1. The second kappa shape index (κ2) is 5.39. The van der Waals surface area contributed by atoms with E-state index in [0.717, 1.165) is 13.2 Å². The lowest BCUT2D eigenvalue weighted by Crippen LogP contribution is -2.45. The van der Waals surface area contributed by atoms with Gasteiger partial charge in [-0.2, -0.15) is 0 Å². The number of hydrogen-bond donors (Lipinski definition) is 2. The van der Waals surface area contributed by atoms with Crippen LogP contribution in [0.1, 0.15) is 30.7 Å². The van der Waals surface area contributed by atoms with Crippen LogP contribution in [0.3, 0.4) is 0 Å². The summed E-state index contributed by atoms with van der Waals surface area (Å²) in [5, 5.41) is 0. The van der Waals surface area contributed by atoms with Gasteiger partial charge >= 0.3 is 0 Å². The fourth-order valence-electron chi connectivity index (χ4n) is 3.35. The van der Waals surface area contributed by atoms with Gasteiger partial charge in [0.15, 0.2) is 0 Å². The van der Waals surface area contributed by atoms with E-state index in [9.17, 15) is 0 Å². The van der Waals surface area contributed by atoms with Gasteiger partial charge in [0.05, 0.1) is 6.61 Å². The molecule has 1 saturated carbocycles. The highest BCUT2D eigenvalue weighted by Crippen LogP contribution is 2.51. The first kappa shape index (κ1) is 12.2. The van der Waals surface area contributed by atoms with Crippen LogP contribution >= 0.6 is 0 Å². The van der Waals surface area contributed by atoms with Crippen molar-refractivity contribution < 1.29 is 4.74 Å². The summed E-state index contributed by atoms with van der Waals surface area (Å²) in [6.07, 6.45) is 3.67. The standard InChI is InChI=1S/C15H22N2O/c16-17-15(12-7-4-8-18-10-12)14-9-13(14)11-5-2-1-3-6-11/h1-3,5-6,12-15,17H,4,7-10,16H2. The maximum atomic E-state index is 5.78. The van der Waals surface area contributed by atoms with Crippen molar-refractivity contribution in [3.8, 4) is 0 Å². The highest BCUT2D eigenvalue weighted by Gasteiger charge is 2.46. The minimum Gasteiger partial charge on any atom is -0.381 e. The molecule has 3 rings (SSSR count). The summed E-state index contributed by atoms with van der Waals surface area (Å²) >= 11 is 0. The van der Waals surface area contributed by atoms with Gasteiger partial charge in [-0.1, -0.05) is 30.3 Å². The molecule has 1 aromatic rings. The predicted molar refractivity (Wildman–Crippen MR) is 71.9 cm³/mol. The summed E-state index contributed by atoms with van der Waals surface area (Å²) in [4.78, 5) is 0. The third-order valence-electron chi connectivity index (χ3n) is 4.42. The van der Waals surface area contributed by atoms with Crippen molar-refractivity contribution in [2.45, 2.75) is 31.2 Å². The number of ether oxygens (including phenoxy) is 1. The Labute approximate surface area is 109 Å². The zero-order valence-corrected chi connectivity index (χ0v) is 10.7. The molecule has 1 aliphatic carbocycles. The molecule has 0 radical (unpaired) electrons. The van der Waals surface area contributed by atoms with Crippen LogP contribution in [0.5, 0.6) is 0 Å². The molecule has 0 aromatic heterocycles. The zero-order chi connectivity index (χ0) is 12.4. The summed E-state index contributed by atoms with van der Waals surface area (Å²) in [6.45, 7) is 1.79. The Morgan fingerprint density at radius 2 is 2.11 bits per heavy atom. The smallest absolute Gasteiger partial charge is 0.0509 e. The van der Waals surface area contributed by atoms with Crippen molar-refractivity contribution in [2.75, 3.05) is 13.2 Å². The Hall–Kier alpha value is -0.900. The molecule has 3 heteroatoms. The van der Waals surface area contributed by atoms with Crippen LogP contribution in [0, 0.1) is 11.8 Å². The van der Waals surface area contributed by atoms with Gasteiger partial charge in [-0.3, -0.25) is 11.3 Å². The number of nitrogens with one attached hydrogen (secondary N) is 1. The molecule has 0 amide bonds. The van der Waals surface area contributed by atoms with E-state index in [0.29, 0.717) is 23.8 Å². The fraction of sp³-hybridized carbons (Fsp3) is 0.600. The van der Waals surface area contributed by atoms with Gasteiger partial charge in [-0.05, 0) is 42.6 Å². The molecule has 1 saturated heterocycles. The maximum absolute atomic E-state index is 5.78. The van der Waals surface area contributed by atoms with E-state index < -0.39 is 0 Å². The quantitative estimate of drug-likeness (QED) is 0.631. The summed E-state index contributed by atoms with van der Waals surface area (Å²) in [5.74, 6) is 7.74. The second-order valence-corrected chi connectivity index (χ2v) is 5.59. The van der Waals surface area contributed by atoms with Gasteiger partial charge in [0.1, 0.15) is 0 Å². The van der Waals surface area contributed by atoms with E-state index in [1.54, 1.807) is 0 Å². The molecule has 18 heavy (non-hydrogen) atoms. The lowest BCUT2D eigenvalue weighted by atomic mass is 9.89. The third kappa shape index (κ3) is 2.44. The molecule has 3 nitrogen and oxygen atoms in total. The molecule has 0 bridgehead atoms. The molecule has 2 aliphatic rings. The van der Waals surface area contributed by atoms with Crippen LogP contribution in [0.15, 0.2) is 30.3 Å². The second-order valence-electron chi connectivity index (χ2n) is 5.59. The van der Waals surface area contributed by atoms with Crippen molar-refractivity contribution in [3.63, 3.8) is 0 Å². The van der Waals surface area contributed by atoms with Crippen LogP contribution in [-0.2, 0) is 4.74 Å². The molecule has 2 fully saturated rings. The molecule has 1 aromatic carbocycles. The van der Waals surface area contributed by atoms with E-state index in [2.05, 4.69) is 35.8 Å². The zero-order valence-electron chi connectivity index (χ0n) is 10.7. The van der Waals surface area contributed by atoms with E-state index in [1.807, 2.05) is 0 Å². The topological polar surface area (TPSA) is 47.3 Å². The Kier molecular flexibility index (Phi) is 3.64. The predicted octanol–water partition coefficient (Wildman–Crippen LogP) is 2.05. The van der Waals surface area contributed by atoms with Crippen LogP contribution in [-0.4, -0.2) is 19.3 Å². The molecule has 98 valence electrons. The number of hydrogen-bond acceptors (Lipinski definition) is 3. The van der Waals surface area contributed by atoms with E-state index >= 15 is 0 Å². The van der Waals surface area contributed by atoms with E-state index in [1.165, 1.54) is 24.8 Å². The first-order valence-electron chi connectivity index (χ1n) is 6.99. The van der Waals surface area contributed by atoms with Crippen LogP contribution in [0.2, 0.25) is 0 Å². The number of rotatable bonds is 4.